The summed E-state index contributed by atoms with van der Waals surface area (Å²) >= 11 is 0. The van der Waals surface area contributed by atoms with Gasteiger partial charge >= 0.3 is 5.97 Å². The van der Waals surface area contributed by atoms with Gasteiger partial charge in [0.1, 0.15) is 0 Å². The van der Waals surface area contributed by atoms with Crippen molar-refractivity contribution in [1.82, 2.24) is 4.90 Å². The number of likely N-dealkylation sites (tertiary alicyclic amines) is 1. The van der Waals surface area contributed by atoms with Crippen LogP contribution >= 0.6 is 0 Å². The normalized spacial score (nSPS) is 32.0. The highest BCUT2D eigenvalue weighted by Gasteiger charge is 2.28. The molecule has 3 nitrogen and oxygen atoms in total. The second kappa shape index (κ2) is 4.79. The number of aliphatic carboxylic acids is 1. The Labute approximate surface area is 90.8 Å². The van der Waals surface area contributed by atoms with Crippen LogP contribution < -0.4 is 0 Å². The summed E-state index contributed by atoms with van der Waals surface area (Å²) in [7, 11) is 0. The largest absolute Gasteiger partial charge is 0.481 e. The van der Waals surface area contributed by atoms with E-state index >= 15 is 0 Å². The molecule has 0 spiro atoms. The average molecular weight is 209 g/mol. The summed E-state index contributed by atoms with van der Waals surface area (Å²) in [5.41, 5.74) is 0. The lowest BCUT2D eigenvalue weighted by atomic mass is 10.0. The Kier molecular flexibility index (Phi) is 3.41. The quantitative estimate of drug-likeness (QED) is 0.722. The molecule has 84 valence electrons. The van der Waals surface area contributed by atoms with Crippen LogP contribution in [0.2, 0.25) is 0 Å². The van der Waals surface area contributed by atoms with E-state index in [1.165, 1.54) is 19.3 Å². The number of carbonyl (C=O) groups is 1. The molecule has 1 aliphatic heterocycles. The smallest absolute Gasteiger partial charge is 0.303 e. The van der Waals surface area contributed by atoms with Gasteiger partial charge in [0.15, 0.2) is 0 Å². The first-order valence-corrected chi connectivity index (χ1v) is 5.88. The molecule has 15 heavy (non-hydrogen) atoms. The van der Waals surface area contributed by atoms with Gasteiger partial charge in [0.25, 0.3) is 0 Å². The lowest BCUT2D eigenvalue weighted by Crippen LogP contribution is -2.33. The molecule has 2 aliphatic rings. The zero-order chi connectivity index (χ0) is 10.7. The van der Waals surface area contributed by atoms with Crippen molar-refractivity contribution in [2.24, 2.45) is 5.92 Å². The number of hydrogen-bond acceptors (Lipinski definition) is 2. The van der Waals surface area contributed by atoms with Crippen LogP contribution in [0, 0.1) is 5.92 Å². The van der Waals surface area contributed by atoms with Crippen molar-refractivity contribution in [2.45, 2.75) is 38.1 Å². The van der Waals surface area contributed by atoms with Crippen LogP contribution in [0.5, 0.6) is 0 Å². The highest BCUT2D eigenvalue weighted by Crippen LogP contribution is 2.25. The summed E-state index contributed by atoms with van der Waals surface area (Å²) < 4.78 is 0. The molecule has 2 atom stereocenters. The van der Waals surface area contributed by atoms with Gasteiger partial charge < -0.3 is 5.11 Å². The third-order valence-corrected chi connectivity index (χ3v) is 3.48. The highest BCUT2D eigenvalue weighted by molar-refractivity contribution is 5.67. The van der Waals surface area contributed by atoms with E-state index in [-0.39, 0.29) is 0 Å². The van der Waals surface area contributed by atoms with Crippen LogP contribution in [-0.2, 0) is 4.79 Å². The van der Waals surface area contributed by atoms with Gasteiger partial charge in [-0.1, -0.05) is 12.2 Å². The molecule has 0 aromatic heterocycles. The van der Waals surface area contributed by atoms with Crippen LogP contribution in [-0.4, -0.2) is 35.1 Å². The van der Waals surface area contributed by atoms with Crippen LogP contribution in [0.15, 0.2) is 12.2 Å². The van der Waals surface area contributed by atoms with Crippen molar-refractivity contribution in [2.75, 3.05) is 13.1 Å². The number of carboxylic acid groups (broad SMARTS) is 1. The van der Waals surface area contributed by atoms with E-state index in [0.717, 1.165) is 19.5 Å². The topological polar surface area (TPSA) is 40.5 Å². The molecule has 1 aliphatic carbocycles. The minimum atomic E-state index is -0.652. The summed E-state index contributed by atoms with van der Waals surface area (Å²) in [6, 6.07) is 0.581. The molecule has 0 bridgehead atoms. The minimum Gasteiger partial charge on any atom is -0.481 e. The summed E-state index contributed by atoms with van der Waals surface area (Å²) in [5.74, 6) is -0.279. The Bertz CT molecular complexity index is 262. The fourth-order valence-corrected chi connectivity index (χ4v) is 2.68. The second-order valence-corrected chi connectivity index (χ2v) is 4.67. The first kappa shape index (κ1) is 10.7. The van der Waals surface area contributed by atoms with Gasteiger partial charge in [0, 0.05) is 19.0 Å². The fraction of sp³-hybridized carbons (Fsp3) is 0.750. The van der Waals surface area contributed by atoms with E-state index in [0.29, 0.717) is 18.4 Å². The number of allylic oxidation sites excluding steroid dienone is 1. The van der Waals surface area contributed by atoms with Gasteiger partial charge in [0.2, 0.25) is 0 Å². The van der Waals surface area contributed by atoms with Gasteiger partial charge in [-0.05, 0) is 38.1 Å². The van der Waals surface area contributed by atoms with Crippen molar-refractivity contribution in [3.8, 4) is 0 Å². The van der Waals surface area contributed by atoms with Crippen LogP contribution in [0.1, 0.15) is 32.1 Å². The van der Waals surface area contributed by atoms with E-state index in [9.17, 15) is 4.79 Å². The molecule has 1 heterocycles. The molecule has 1 fully saturated rings. The standard InChI is InChI=1S/C12H19NO2/c14-12(15)8-10-6-7-13(9-10)11-4-2-1-3-5-11/h2,4,10-11H,1,3,5-9H2,(H,14,15). The fourth-order valence-electron chi connectivity index (χ4n) is 2.68. The Morgan fingerprint density at radius 3 is 3.00 bits per heavy atom. The van der Waals surface area contributed by atoms with Crippen molar-refractivity contribution in [1.29, 1.82) is 0 Å². The van der Waals surface area contributed by atoms with Crippen molar-refractivity contribution in [3.63, 3.8) is 0 Å². The van der Waals surface area contributed by atoms with Gasteiger partial charge in [-0.25, -0.2) is 0 Å². The third kappa shape index (κ3) is 2.81. The molecule has 1 saturated heterocycles. The number of rotatable bonds is 3. The summed E-state index contributed by atoms with van der Waals surface area (Å²) in [6.07, 6.45) is 9.69. The van der Waals surface area contributed by atoms with Gasteiger partial charge in [0.05, 0.1) is 0 Å². The van der Waals surface area contributed by atoms with Crippen LogP contribution in [0.4, 0.5) is 0 Å². The summed E-state index contributed by atoms with van der Waals surface area (Å²) in [5, 5.41) is 8.74. The summed E-state index contributed by atoms with van der Waals surface area (Å²) in [4.78, 5) is 13.1. The van der Waals surface area contributed by atoms with E-state index < -0.39 is 5.97 Å². The molecular weight excluding hydrogens is 190 g/mol. The first-order chi connectivity index (χ1) is 7.25. The lowest BCUT2D eigenvalue weighted by Gasteiger charge is -2.27. The maximum atomic E-state index is 10.6. The highest BCUT2D eigenvalue weighted by atomic mass is 16.4. The summed E-state index contributed by atoms with van der Waals surface area (Å²) in [6.45, 7) is 2.05. The van der Waals surface area contributed by atoms with Gasteiger partial charge in [-0.3, -0.25) is 9.69 Å². The van der Waals surface area contributed by atoms with Crippen molar-refractivity contribution >= 4 is 5.97 Å². The molecule has 1 N–H and O–H groups in total. The van der Waals surface area contributed by atoms with Crippen LogP contribution in [0.25, 0.3) is 0 Å². The lowest BCUT2D eigenvalue weighted by molar-refractivity contribution is -0.138. The predicted molar refractivity (Wildman–Crippen MR) is 58.7 cm³/mol. The zero-order valence-electron chi connectivity index (χ0n) is 9.06. The van der Waals surface area contributed by atoms with Gasteiger partial charge in [-0.2, -0.15) is 0 Å². The zero-order valence-corrected chi connectivity index (χ0v) is 9.06. The maximum absolute atomic E-state index is 10.6. The SMILES string of the molecule is O=C(O)CC1CCN(C2C=CCCC2)C1. The Balaban J connectivity index is 1.83. The van der Waals surface area contributed by atoms with Crippen molar-refractivity contribution < 1.29 is 9.90 Å². The molecule has 0 aromatic rings. The molecule has 0 aromatic carbocycles. The van der Waals surface area contributed by atoms with E-state index in [1.807, 2.05) is 0 Å². The molecule has 0 amide bonds. The molecular formula is C12H19NO2. The Hall–Kier alpha value is -0.830. The molecule has 0 radical (unpaired) electrons. The van der Waals surface area contributed by atoms with E-state index in [2.05, 4.69) is 17.1 Å². The minimum absolute atomic E-state index is 0.340. The Morgan fingerprint density at radius 2 is 2.33 bits per heavy atom. The van der Waals surface area contributed by atoms with E-state index in [1.54, 1.807) is 0 Å². The number of hydrogen-bond donors (Lipinski definition) is 1. The number of nitrogens with zero attached hydrogens (tertiary/aromatic N) is 1. The molecule has 2 unspecified atom stereocenters. The van der Waals surface area contributed by atoms with Crippen molar-refractivity contribution in [3.05, 3.63) is 12.2 Å². The monoisotopic (exact) mass is 209 g/mol. The third-order valence-electron chi connectivity index (χ3n) is 3.48. The van der Waals surface area contributed by atoms with Crippen LogP contribution in [0.3, 0.4) is 0 Å². The first-order valence-electron chi connectivity index (χ1n) is 5.88. The molecule has 2 rings (SSSR count). The Morgan fingerprint density at radius 1 is 1.47 bits per heavy atom. The van der Waals surface area contributed by atoms with E-state index in [4.69, 9.17) is 5.11 Å². The predicted octanol–water partition coefficient (Wildman–Crippen LogP) is 1.89. The van der Waals surface area contributed by atoms with Gasteiger partial charge in [-0.15, -0.1) is 0 Å². The number of carboxylic acids is 1. The molecule has 0 saturated carbocycles. The molecule has 3 heteroatoms. The second-order valence-electron chi connectivity index (χ2n) is 4.67. The average Bonchev–Trinajstić information content (AvgIpc) is 2.67. The maximum Gasteiger partial charge on any atom is 0.303 e.